The summed E-state index contributed by atoms with van der Waals surface area (Å²) in [6.45, 7) is 2.65. The maximum Gasteiger partial charge on any atom is 0.446 e. The van der Waals surface area contributed by atoms with E-state index in [0.717, 1.165) is 50.2 Å². The minimum Gasteiger partial charge on any atom is -0.428 e. The number of pyridine rings is 1. The van der Waals surface area contributed by atoms with Gasteiger partial charge >= 0.3 is 6.11 Å². The van der Waals surface area contributed by atoms with Crippen LogP contribution < -0.4 is 10.5 Å². The molecule has 0 spiro atoms. The first kappa shape index (κ1) is 22.4. The van der Waals surface area contributed by atoms with Gasteiger partial charge in [-0.2, -0.15) is 13.9 Å². The average molecular weight is 469 g/mol. The van der Waals surface area contributed by atoms with E-state index >= 15 is 0 Å². The van der Waals surface area contributed by atoms with Crippen LogP contribution in [0.1, 0.15) is 36.6 Å². The zero-order chi connectivity index (χ0) is 23.2. The van der Waals surface area contributed by atoms with Gasteiger partial charge in [-0.1, -0.05) is 0 Å². The second-order valence-electron chi connectivity index (χ2n) is 9.04. The lowest BCUT2D eigenvalue weighted by Crippen LogP contribution is -2.36. The second kappa shape index (κ2) is 8.75. The molecule has 3 aliphatic rings. The van der Waals surface area contributed by atoms with Crippen molar-refractivity contribution in [1.29, 1.82) is 0 Å². The first-order chi connectivity index (χ1) is 15.8. The van der Waals surface area contributed by atoms with Crippen LogP contribution in [0.3, 0.4) is 0 Å². The third kappa shape index (κ3) is 4.65. The van der Waals surface area contributed by atoms with E-state index < -0.39 is 24.8 Å². The molecule has 3 fully saturated rings. The summed E-state index contributed by atoms with van der Waals surface area (Å²) >= 11 is 0. The molecule has 2 unspecified atom stereocenters. The van der Waals surface area contributed by atoms with Crippen molar-refractivity contribution in [3.05, 3.63) is 35.8 Å². The van der Waals surface area contributed by atoms with E-state index in [1.165, 1.54) is 24.4 Å². The van der Waals surface area contributed by atoms with Gasteiger partial charge in [0.15, 0.2) is 5.69 Å². The number of rotatable bonds is 7. The summed E-state index contributed by atoms with van der Waals surface area (Å²) in [4.78, 5) is 6.19. The van der Waals surface area contributed by atoms with E-state index in [4.69, 9.17) is 15.2 Å². The van der Waals surface area contributed by atoms with Crippen LogP contribution in [0.25, 0.3) is 0 Å². The molecule has 2 atom stereocenters. The van der Waals surface area contributed by atoms with Gasteiger partial charge in [0.05, 0.1) is 6.61 Å². The molecule has 33 heavy (non-hydrogen) atoms. The van der Waals surface area contributed by atoms with Gasteiger partial charge in [0.25, 0.3) is 6.43 Å². The summed E-state index contributed by atoms with van der Waals surface area (Å²) in [6, 6.07) is 4.08. The monoisotopic (exact) mass is 469 g/mol. The summed E-state index contributed by atoms with van der Waals surface area (Å²) in [6.07, 6.45) is -2.37. The summed E-state index contributed by atoms with van der Waals surface area (Å²) in [5, 5.41) is 3.84. The van der Waals surface area contributed by atoms with Crippen molar-refractivity contribution in [2.75, 3.05) is 32.0 Å². The lowest BCUT2D eigenvalue weighted by Gasteiger charge is -2.28. The van der Waals surface area contributed by atoms with E-state index in [-0.39, 0.29) is 17.5 Å². The number of ether oxygens (including phenoxy) is 2. The summed E-state index contributed by atoms with van der Waals surface area (Å²) in [5.74, 6) is 0.426. The summed E-state index contributed by atoms with van der Waals surface area (Å²) in [7, 11) is 0. The highest BCUT2D eigenvalue weighted by Gasteiger charge is 2.59. The number of anilines is 1. The van der Waals surface area contributed by atoms with Crippen LogP contribution in [0.4, 0.5) is 23.4 Å². The van der Waals surface area contributed by atoms with E-state index in [1.807, 2.05) is 0 Å². The highest BCUT2D eigenvalue weighted by molar-refractivity contribution is 5.36. The molecule has 1 aliphatic heterocycles. The quantitative estimate of drug-likeness (QED) is 0.626. The Hall–Kier alpha value is -2.40. The molecule has 180 valence electrons. The van der Waals surface area contributed by atoms with E-state index in [0.29, 0.717) is 23.6 Å². The molecule has 1 saturated heterocycles. The molecule has 2 aromatic rings. The summed E-state index contributed by atoms with van der Waals surface area (Å²) in [5.41, 5.74) is 5.28. The highest BCUT2D eigenvalue weighted by atomic mass is 19.3. The predicted molar refractivity (Wildman–Crippen MR) is 111 cm³/mol. The Kier molecular flexibility index (Phi) is 5.94. The Bertz CT molecular complexity index is 967. The number of alkyl halides is 4. The summed E-state index contributed by atoms with van der Waals surface area (Å²) < 4.78 is 67.5. The second-order valence-corrected chi connectivity index (χ2v) is 9.04. The Balaban J connectivity index is 1.32. The van der Waals surface area contributed by atoms with Gasteiger partial charge in [-0.15, -0.1) is 0 Å². The Morgan fingerprint density at radius 2 is 1.97 bits per heavy atom. The van der Waals surface area contributed by atoms with E-state index in [9.17, 15) is 17.6 Å². The SMILES string of the molecule is Nc1cc(OC(F)(F)c2cc(C3C4CC(N5CCCOCC5)CC43)n(CC(F)F)n2)ccn1. The number of nitrogens with two attached hydrogens (primary N) is 1. The lowest BCUT2D eigenvalue weighted by molar-refractivity contribution is -0.188. The molecule has 5 rings (SSSR count). The van der Waals surface area contributed by atoms with Crippen LogP contribution in [0.2, 0.25) is 0 Å². The van der Waals surface area contributed by atoms with Gasteiger partial charge < -0.3 is 15.2 Å². The Labute approximate surface area is 188 Å². The third-order valence-electron chi connectivity index (χ3n) is 6.95. The van der Waals surface area contributed by atoms with Crippen LogP contribution in [-0.4, -0.2) is 58.4 Å². The van der Waals surface area contributed by atoms with Crippen molar-refractivity contribution in [1.82, 2.24) is 19.7 Å². The van der Waals surface area contributed by atoms with Crippen LogP contribution in [0.15, 0.2) is 24.4 Å². The molecule has 0 radical (unpaired) electrons. The zero-order valence-corrected chi connectivity index (χ0v) is 18.0. The maximum atomic E-state index is 14.9. The standard InChI is InChI=1S/C22H27F4N5O2/c23-19(24)12-31-17(11-18(29-31)22(25,26)33-14-2-3-28-20(27)10-14)21-15-8-13(9-16(15)21)30-4-1-6-32-7-5-30/h2-3,10-11,13,15-16,19,21H,1,4-9,12H2,(H2,27,28). The van der Waals surface area contributed by atoms with Crippen molar-refractivity contribution < 1.29 is 27.0 Å². The molecule has 0 bridgehead atoms. The Morgan fingerprint density at radius 3 is 2.70 bits per heavy atom. The third-order valence-corrected chi connectivity index (χ3v) is 6.95. The number of fused-ring (bicyclic) bond motifs is 1. The van der Waals surface area contributed by atoms with E-state index in [1.54, 1.807) is 0 Å². The van der Waals surface area contributed by atoms with Gasteiger partial charge in [0, 0.05) is 49.6 Å². The molecule has 7 nitrogen and oxygen atoms in total. The first-order valence-electron chi connectivity index (χ1n) is 11.3. The number of hydrogen-bond acceptors (Lipinski definition) is 6. The number of halogens is 4. The van der Waals surface area contributed by atoms with Crippen LogP contribution >= 0.6 is 0 Å². The topological polar surface area (TPSA) is 78.4 Å². The number of aromatic nitrogens is 3. The smallest absolute Gasteiger partial charge is 0.428 e. The largest absolute Gasteiger partial charge is 0.446 e. The molecule has 2 N–H and O–H groups in total. The van der Waals surface area contributed by atoms with Crippen LogP contribution in [0, 0.1) is 11.8 Å². The van der Waals surface area contributed by atoms with Crippen LogP contribution in [-0.2, 0) is 17.4 Å². The van der Waals surface area contributed by atoms with Gasteiger partial charge in [0.2, 0.25) is 0 Å². The molecule has 2 aromatic heterocycles. The zero-order valence-electron chi connectivity index (χ0n) is 18.0. The fourth-order valence-electron chi connectivity index (χ4n) is 5.49. The minimum atomic E-state index is -3.80. The van der Waals surface area contributed by atoms with Crippen molar-refractivity contribution in [2.45, 2.75) is 50.3 Å². The molecule has 0 aromatic carbocycles. The highest BCUT2D eigenvalue weighted by Crippen LogP contribution is 2.64. The first-order valence-corrected chi connectivity index (χ1v) is 11.3. The van der Waals surface area contributed by atoms with Crippen molar-refractivity contribution in [2.24, 2.45) is 11.8 Å². The van der Waals surface area contributed by atoms with Crippen molar-refractivity contribution in [3.8, 4) is 5.75 Å². The van der Waals surface area contributed by atoms with Crippen molar-refractivity contribution in [3.63, 3.8) is 0 Å². The lowest BCUT2D eigenvalue weighted by atomic mass is 10.0. The number of nitrogen functional groups attached to an aromatic ring is 1. The average Bonchev–Trinajstić information content (AvgIpc) is 3.11. The van der Waals surface area contributed by atoms with E-state index in [2.05, 4.69) is 15.0 Å². The fourth-order valence-corrected chi connectivity index (χ4v) is 5.49. The maximum absolute atomic E-state index is 14.9. The van der Waals surface area contributed by atoms with Gasteiger partial charge in [0.1, 0.15) is 18.1 Å². The molecule has 2 saturated carbocycles. The van der Waals surface area contributed by atoms with Gasteiger partial charge in [-0.25, -0.2) is 13.8 Å². The molecule has 11 heteroatoms. The minimum absolute atomic E-state index is 0.0307. The molecular formula is C22H27F4N5O2. The molecule has 2 aliphatic carbocycles. The van der Waals surface area contributed by atoms with Crippen molar-refractivity contribution >= 4 is 5.82 Å². The normalized spacial score (nSPS) is 28.0. The van der Waals surface area contributed by atoms with Crippen LogP contribution in [0.5, 0.6) is 5.75 Å². The number of hydrogen-bond donors (Lipinski definition) is 1. The molecular weight excluding hydrogens is 442 g/mol. The van der Waals surface area contributed by atoms with Gasteiger partial charge in [-0.05, 0) is 43.2 Å². The number of nitrogens with zero attached hydrogens (tertiary/aromatic N) is 4. The fraction of sp³-hybridized carbons (Fsp3) is 0.636. The molecule has 3 heterocycles. The molecule has 0 amide bonds. The predicted octanol–water partition coefficient (Wildman–Crippen LogP) is 3.47. The Morgan fingerprint density at radius 1 is 1.18 bits per heavy atom. The van der Waals surface area contributed by atoms with Gasteiger partial charge in [-0.3, -0.25) is 9.58 Å².